The summed E-state index contributed by atoms with van der Waals surface area (Å²) in [6, 6.07) is 1.65. The van der Waals surface area contributed by atoms with Crippen LogP contribution in [0.3, 0.4) is 0 Å². The van der Waals surface area contributed by atoms with Crippen LogP contribution in [0.2, 0.25) is 5.15 Å². The van der Waals surface area contributed by atoms with Gasteiger partial charge >= 0.3 is 0 Å². The molecule has 7 nitrogen and oxygen atoms in total. The third kappa shape index (κ3) is 4.15. The Balaban J connectivity index is 1.91. The molecule has 2 aromatic rings. The van der Waals surface area contributed by atoms with Gasteiger partial charge < -0.3 is 14.6 Å². The van der Waals surface area contributed by atoms with Crippen molar-refractivity contribution in [2.24, 2.45) is 0 Å². The Hall–Kier alpha value is -1.73. The van der Waals surface area contributed by atoms with Gasteiger partial charge in [-0.3, -0.25) is 0 Å². The number of halogens is 1. The summed E-state index contributed by atoms with van der Waals surface area (Å²) in [6.45, 7) is 2.70. The van der Waals surface area contributed by atoms with Crippen LogP contribution in [0.1, 0.15) is 17.5 Å². The zero-order valence-corrected chi connectivity index (χ0v) is 11.4. The lowest BCUT2D eigenvalue weighted by Crippen LogP contribution is -2.09. The highest BCUT2D eigenvalue weighted by atomic mass is 35.5. The molecule has 2 heterocycles. The molecule has 0 aliphatic carbocycles. The van der Waals surface area contributed by atoms with Crippen LogP contribution in [0.4, 0.5) is 5.82 Å². The van der Waals surface area contributed by atoms with Crippen LogP contribution >= 0.6 is 11.6 Å². The zero-order chi connectivity index (χ0) is 13.7. The summed E-state index contributed by atoms with van der Waals surface area (Å²) in [4.78, 5) is 12.4. The van der Waals surface area contributed by atoms with Crippen LogP contribution < -0.4 is 5.32 Å². The van der Waals surface area contributed by atoms with Crippen molar-refractivity contribution in [1.29, 1.82) is 0 Å². The van der Waals surface area contributed by atoms with Crippen LogP contribution in [-0.2, 0) is 17.8 Å². The van der Waals surface area contributed by atoms with E-state index in [2.05, 4.69) is 25.4 Å². The summed E-state index contributed by atoms with van der Waals surface area (Å²) in [5, 5.41) is 7.31. The van der Waals surface area contributed by atoms with Crippen molar-refractivity contribution >= 4 is 17.4 Å². The molecule has 0 saturated carbocycles. The second-order valence-electron chi connectivity index (χ2n) is 3.83. The Labute approximate surface area is 115 Å². The number of methoxy groups -OCH3 is 1. The largest absolute Gasteiger partial charge is 0.377 e. The van der Waals surface area contributed by atoms with Crippen LogP contribution in [0.15, 0.2) is 10.6 Å². The number of nitrogens with zero attached hydrogens (tertiary/aromatic N) is 4. The molecule has 0 unspecified atom stereocenters. The fraction of sp³-hybridized carbons (Fsp3) is 0.455. The van der Waals surface area contributed by atoms with Crippen molar-refractivity contribution in [2.45, 2.75) is 20.0 Å². The van der Waals surface area contributed by atoms with E-state index in [1.54, 1.807) is 20.1 Å². The Morgan fingerprint density at radius 2 is 2.16 bits per heavy atom. The molecule has 102 valence electrons. The van der Waals surface area contributed by atoms with Crippen molar-refractivity contribution < 1.29 is 9.26 Å². The summed E-state index contributed by atoms with van der Waals surface area (Å²) in [5.74, 6) is 2.39. The number of aromatic nitrogens is 4. The van der Waals surface area contributed by atoms with Crippen molar-refractivity contribution in [3.8, 4) is 0 Å². The maximum atomic E-state index is 5.90. The molecule has 8 heteroatoms. The van der Waals surface area contributed by atoms with Gasteiger partial charge in [-0.05, 0) is 0 Å². The van der Waals surface area contributed by atoms with E-state index in [-0.39, 0.29) is 0 Å². The number of nitrogens with one attached hydrogen (secondary N) is 1. The molecular weight excluding hydrogens is 270 g/mol. The van der Waals surface area contributed by atoms with E-state index in [1.807, 2.05) is 0 Å². The SMILES string of the molecule is COCc1nc(Cl)cc(NCCc2noc(C)n2)n1. The smallest absolute Gasteiger partial charge is 0.223 e. The third-order valence-corrected chi connectivity index (χ3v) is 2.43. The predicted octanol–water partition coefficient (Wildman–Crippen LogP) is 1.62. The predicted molar refractivity (Wildman–Crippen MR) is 69.0 cm³/mol. The Bertz CT molecular complexity index is 546. The molecule has 2 rings (SSSR count). The fourth-order valence-corrected chi connectivity index (χ4v) is 1.70. The Morgan fingerprint density at radius 3 is 2.84 bits per heavy atom. The molecule has 19 heavy (non-hydrogen) atoms. The van der Waals surface area contributed by atoms with E-state index < -0.39 is 0 Å². The quantitative estimate of drug-likeness (QED) is 0.806. The molecular formula is C11H14ClN5O2. The highest BCUT2D eigenvalue weighted by molar-refractivity contribution is 6.29. The fourth-order valence-electron chi connectivity index (χ4n) is 1.49. The van der Waals surface area contributed by atoms with E-state index in [1.165, 1.54) is 0 Å². The second-order valence-corrected chi connectivity index (χ2v) is 4.22. The molecule has 0 aliphatic rings. The normalized spacial score (nSPS) is 10.7. The van der Waals surface area contributed by atoms with Gasteiger partial charge in [0.1, 0.15) is 17.6 Å². The van der Waals surface area contributed by atoms with E-state index >= 15 is 0 Å². The first kappa shape index (κ1) is 13.7. The molecule has 1 N–H and O–H groups in total. The molecule has 0 radical (unpaired) electrons. The van der Waals surface area contributed by atoms with Gasteiger partial charge in [0.2, 0.25) is 5.89 Å². The molecule has 0 saturated heterocycles. The van der Waals surface area contributed by atoms with Gasteiger partial charge in [0, 0.05) is 33.1 Å². The summed E-state index contributed by atoms with van der Waals surface area (Å²) in [7, 11) is 1.58. The first-order chi connectivity index (χ1) is 9.17. The molecule has 2 aromatic heterocycles. The first-order valence-corrected chi connectivity index (χ1v) is 6.10. The van der Waals surface area contributed by atoms with E-state index in [4.69, 9.17) is 20.9 Å². The lowest BCUT2D eigenvalue weighted by molar-refractivity contribution is 0.178. The highest BCUT2D eigenvalue weighted by Gasteiger charge is 2.05. The monoisotopic (exact) mass is 283 g/mol. The van der Waals surface area contributed by atoms with Gasteiger partial charge in [-0.15, -0.1) is 0 Å². The number of anilines is 1. The minimum Gasteiger partial charge on any atom is -0.377 e. The molecule has 0 aliphatic heterocycles. The Kier molecular flexibility index (Phi) is 4.64. The minimum absolute atomic E-state index is 0.319. The molecule has 0 atom stereocenters. The minimum atomic E-state index is 0.319. The number of hydrogen-bond donors (Lipinski definition) is 1. The van der Waals surface area contributed by atoms with Crippen LogP contribution in [0.25, 0.3) is 0 Å². The van der Waals surface area contributed by atoms with Gasteiger partial charge in [-0.1, -0.05) is 16.8 Å². The second kappa shape index (κ2) is 6.44. The topological polar surface area (TPSA) is 86.0 Å². The molecule has 0 spiro atoms. The van der Waals surface area contributed by atoms with Crippen molar-refractivity contribution in [2.75, 3.05) is 19.0 Å². The first-order valence-electron chi connectivity index (χ1n) is 5.73. The van der Waals surface area contributed by atoms with E-state index in [0.29, 0.717) is 48.1 Å². The molecule has 0 aromatic carbocycles. The van der Waals surface area contributed by atoms with Gasteiger partial charge in [0.25, 0.3) is 0 Å². The van der Waals surface area contributed by atoms with Gasteiger partial charge in [0.15, 0.2) is 11.6 Å². The molecule has 0 amide bonds. The number of ether oxygens (including phenoxy) is 1. The van der Waals surface area contributed by atoms with Crippen molar-refractivity contribution in [3.05, 3.63) is 28.8 Å². The number of aryl methyl sites for hydroxylation is 1. The average Bonchev–Trinajstić information content (AvgIpc) is 2.75. The molecule has 0 fully saturated rings. The standard InChI is InChI=1S/C11H14ClN5O2/c1-7-14-9(17-19-7)3-4-13-10-5-8(12)15-11(16-10)6-18-2/h5H,3-4,6H2,1-2H3,(H,13,15,16). The highest BCUT2D eigenvalue weighted by Crippen LogP contribution is 2.12. The summed E-state index contributed by atoms with van der Waals surface area (Å²) >= 11 is 5.90. The van der Waals surface area contributed by atoms with Crippen LogP contribution in [-0.4, -0.2) is 33.8 Å². The maximum absolute atomic E-state index is 5.90. The van der Waals surface area contributed by atoms with Crippen molar-refractivity contribution in [3.63, 3.8) is 0 Å². The lowest BCUT2D eigenvalue weighted by Gasteiger charge is -2.06. The summed E-state index contributed by atoms with van der Waals surface area (Å²) in [5.41, 5.74) is 0. The summed E-state index contributed by atoms with van der Waals surface area (Å²) < 4.78 is 9.86. The number of rotatable bonds is 6. The lowest BCUT2D eigenvalue weighted by atomic mass is 10.4. The van der Waals surface area contributed by atoms with Gasteiger partial charge in [-0.2, -0.15) is 4.98 Å². The number of hydrogen-bond acceptors (Lipinski definition) is 7. The van der Waals surface area contributed by atoms with Gasteiger partial charge in [0.05, 0.1) is 0 Å². The average molecular weight is 284 g/mol. The third-order valence-electron chi connectivity index (χ3n) is 2.24. The molecule has 0 bridgehead atoms. The summed E-state index contributed by atoms with van der Waals surface area (Å²) in [6.07, 6.45) is 0.637. The van der Waals surface area contributed by atoms with Crippen LogP contribution in [0.5, 0.6) is 0 Å². The van der Waals surface area contributed by atoms with Gasteiger partial charge in [-0.25, -0.2) is 9.97 Å². The van der Waals surface area contributed by atoms with E-state index in [9.17, 15) is 0 Å². The van der Waals surface area contributed by atoms with Crippen LogP contribution in [0, 0.1) is 6.92 Å². The zero-order valence-electron chi connectivity index (χ0n) is 10.7. The van der Waals surface area contributed by atoms with Crippen molar-refractivity contribution in [1.82, 2.24) is 20.1 Å². The van der Waals surface area contributed by atoms with E-state index in [0.717, 1.165) is 0 Å². The maximum Gasteiger partial charge on any atom is 0.223 e. The Morgan fingerprint density at radius 1 is 1.32 bits per heavy atom.